The summed E-state index contributed by atoms with van der Waals surface area (Å²) in [5.74, 6) is 0. The lowest BCUT2D eigenvalue weighted by atomic mass is 9.39. The van der Waals surface area contributed by atoms with Crippen LogP contribution in [0, 0.1) is 20.8 Å². The van der Waals surface area contributed by atoms with Crippen LogP contribution >= 0.6 is 0 Å². The molecule has 1 heteroatoms. The molecule has 0 bridgehead atoms. The number of fused-ring (bicyclic) bond motifs is 3. The molecular weight excluding hydrogens is 407 g/mol. The molecule has 0 unspecified atom stereocenters. The van der Waals surface area contributed by atoms with Crippen LogP contribution in [0.15, 0.2) is 109 Å². The van der Waals surface area contributed by atoms with Crippen LogP contribution in [0.4, 0.5) is 0 Å². The van der Waals surface area contributed by atoms with Gasteiger partial charge in [0.05, 0.1) is 0 Å². The first kappa shape index (κ1) is 20.7. The van der Waals surface area contributed by atoms with Crippen molar-refractivity contribution >= 4 is 23.1 Å². The number of hydrogen-bond donors (Lipinski definition) is 0. The molecule has 0 N–H and O–H groups in total. The zero-order valence-electron chi connectivity index (χ0n) is 20.0. The lowest BCUT2D eigenvalue weighted by Crippen LogP contribution is -2.48. The Bertz CT molecular complexity index is 1540. The molecule has 0 aliphatic carbocycles. The molecule has 5 aromatic rings. The molecule has 5 aromatic carbocycles. The van der Waals surface area contributed by atoms with Crippen molar-refractivity contribution in [2.24, 2.45) is 0 Å². The summed E-state index contributed by atoms with van der Waals surface area (Å²) in [6, 6.07) is 40.5. The maximum Gasteiger partial charge on any atom is 0.242 e. The van der Waals surface area contributed by atoms with E-state index in [1.54, 1.807) is 0 Å². The van der Waals surface area contributed by atoms with Gasteiger partial charge in [-0.05, 0) is 77.4 Å². The molecular formula is C33H27B. The third kappa shape index (κ3) is 3.40. The van der Waals surface area contributed by atoms with Crippen LogP contribution in [0.5, 0.6) is 0 Å². The summed E-state index contributed by atoms with van der Waals surface area (Å²) < 4.78 is 0. The van der Waals surface area contributed by atoms with E-state index in [0.717, 1.165) is 0 Å². The second-order valence-corrected chi connectivity index (χ2v) is 9.58. The lowest BCUT2D eigenvalue weighted by Gasteiger charge is -2.14. The van der Waals surface area contributed by atoms with Crippen molar-refractivity contribution in [3.05, 3.63) is 126 Å². The van der Waals surface area contributed by atoms with Gasteiger partial charge in [-0.1, -0.05) is 119 Å². The fourth-order valence-electron chi connectivity index (χ4n) is 5.56. The van der Waals surface area contributed by atoms with Crippen molar-refractivity contribution in [2.45, 2.75) is 20.8 Å². The highest BCUT2D eigenvalue weighted by molar-refractivity contribution is 6.99. The monoisotopic (exact) mass is 434 g/mol. The van der Waals surface area contributed by atoms with Crippen molar-refractivity contribution < 1.29 is 0 Å². The minimum absolute atomic E-state index is 0.292. The van der Waals surface area contributed by atoms with E-state index in [1.165, 1.54) is 66.5 Å². The summed E-state index contributed by atoms with van der Waals surface area (Å²) in [5, 5.41) is 0. The molecule has 0 amide bonds. The van der Waals surface area contributed by atoms with Gasteiger partial charge in [-0.2, -0.15) is 0 Å². The second kappa shape index (κ2) is 8.19. The zero-order valence-corrected chi connectivity index (χ0v) is 20.0. The number of aryl methyl sites for hydroxylation is 3. The Hall–Kier alpha value is -3.84. The molecule has 1 aliphatic heterocycles. The molecule has 0 fully saturated rings. The second-order valence-electron chi connectivity index (χ2n) is 9.58. The summed E-state index contributed by atoms with van der Waals surface area (Å²) in [6.07, 6.45) is 0. The molecule has 1 heterocycles. The van der Waals surface area contributed by atoms with Gasteiger partial charge in [0.25, 0.3) is 0 Å². The molecule has 6 rings (SSSR count). The normalized spacial score (nSPS) is 11.9. The van der Waals surface area contributed by atoms with E-state index in [1.807, 2.05) is 0 Å². The fourth-order valence-corrected chi connectivity index (χ4v) is 5.56. The van der Waals surface area contributed by atoms with Crippen molar-refractivity contribution in [3.8, 4) is 33.4 Å². The average Bonchev–Trinajstić information content (AvgIpc) is 3.19. The summed E-state index contributed by atoms with van der Waals surface area (Å²) >= 11 is 0. The van der Waals surface area contributed by atoms with Crippen molar-refractivity contribution in [3.63, 3.8) is 0 Å². The summed E-state index contributed by atoms with van der Waals surface area (Å²) in [6.45, 7) is 6.87. The highest BCUT2D eigenvalue weighted by Gasteiger charge is 2.33. The van der Waals surface area contributed by atoms with Crippen LogP contribution < -0.4 is 16.4 Å². The Morgan fingerprint density at radius 3 is 1.88 bits per heavy atom. The number of benzene rings is 5. The van der Waals surface area contributed by atoms with Gasteiger partial charge < -0.3 is 0 Å². The Morgan fingerprint density at radius 1 is 0.441 bits per heavy atom. The molecule has 0 spiro atoms. The highest BCUT2D eigenvalue weighted by Crippen LogP contribution is 2.33. The van der Waals surface area contributed by atoms with E-state index in [0.29, 0.717) is 6.71 Å². The summed E-state index contributed by atoms with van der Waals surface area (Å²) in [4.78, 5) is 0. The zero-order chi connectivity index (χ0) is 23.2. The van der Waals surface area contributed by atoms with E-state index in [9.17, 15) is 0 Å². The molecule has 0 saturated carbocycles. The average molecular weight is 434 g/mol. The van der Waals surface area contributed by atoms with Gasteiger partial charge in [0, 0.05) is 0 Å². The van der Waals surface area contributed by atoms with Gasteiger partial charge in [0.15, 0.2) is 0 Å². The van der Waals surface area contributed by atoms with Crippen molar-refractivity contribution in [1.82, 2.24) is 0 Å². The minimum atomic E-state index is 0.292. The molecule has 0 nitrogen and oxygen atoms in total. The third-order valence-corrected chi connectivity index (χ3v) is 7.31. The SMILES string of the molecule is Cc1cccc(B2c3ccccc3-c3cc(-c4ccc(C)c(-c5ccccc5C)c4)ccc32)c1. The summed E-state index contributed by atoms with van der Waals surface area (Å²) in [5.41, 5.74) is 16.0. The Morgan fingerprint density at radius 2 is 1.09 bits per heavy atom. The molecule has 0 atom stereocenters. The Balaban J connectivity index is 1.50. The predicted octanol–water partition coefficient (Wildman–Crippen LogP) is 6.44. The number of rotatable bonds is 3. The maximum atomic E-state index is 2.40. The standard InChI is InChI=1S/C33H27B/c1-22-9-8-11-27(19-22)34-32-14-7-6-13-29(32)31-21-26(17-18-33(31)34)25-16-15-24(3)30(20-25)28-12-5-4-10-23(28)2/h4-21H,1-3H3. The smallest absolute Gasteiger partial charge is 0.0683 e. The fraction of sp³-hybridized carbons (Fsp3) is 0.0909. The largest absolute Gasteiger partial charge is 0.242 e. The summed E-state index contributed by atoms with van der Waals surface area (Å²) in [7, 11) is 0. The van der Waals surface area contributed by atoms with Gasteiger partial charge in [-0.15, -0.1) is 0 Å². The Labute approximate surface area is 203 Å². The Kier molecular flexibility index (Phi) is 5.00. The van der Waals surface area contributed by atoms with Gasteiger partial charge in [-0.3, -0.25) is 0 Å². The van der Waals surface area contributed by atoms with Crippen LogP contribution in [0.3, 0.4) is 0 Å². The highest BCUT2D eigenvalue weighted by atomic mass is 14.2. The minimum Gasteiger partial charge on any atom is -0.0683 e. The van der Waals surface area contributed by atoms with Crippen LogP contribution in [0.2, 0.25) is 0 Å². The molecule has 1 aliphatic rings. The first-order valence-corrected chi connectivity index (χ1v) is 12.1. The van der Waals surface area contributed by atoms with Crippen LogP contribution in [0.25, 0.3) is 33.4 Å². The van der Waals surface area contributed by atoms with Crippen molar-refractivity contribution in [1.29, 1.82) is 0 Å². The van der Waals surface area contributed by atoms with E-state index < -0.39 is 0 Å². The quantitative estimate of drug-likeness (QED) is 0.281. The maximum absolute atomic E-state index is 2.40. The predicted molar refractivity (Wildman–Crippen MR) is 148 cm³/mol. The molecule has 0 aromatic heterocycles. The van der Waals surface area contributed by atoms with E-state index in [2.05, 4.69) is 130 Å². The lowest BCUT2D eigenvalue weighted by molar-refractivity contribution is 1.41. The van der Waals surface area contributed by atoms with E-state index in [4.69, 9.17) is 0 Å². The van der Waals surface area contributed by atoms with Crippen LogP contribution in [0.1, 0.15) is 16.7 Å². The molecule has 34 heavy (non-hydrogen) atoms. The first-order chi connectivity index (χ1) is 16.6. The van der Waals surface area contributed by atoms with E-state index in [-0.39, 0.29) is 0 Å². The third-order valence-electron chi connectivity index (χ3n) is 7.31. The molecule has 0 radical (unpaired) electrons. The molecule has 0 saturated heterocycles. The topological polar surface area (TPSA) is 0 Å². The van der Waals surface area contributed by atoms with Crippen LogP contribution in [-0.4, -0.2) is 6.71 Å². The van der Waals surface area contributed by atoms with Gasteiger partial charge in [0.2, 0.25) is 6.71 Å². The van der Waals surface area contributed by atoms with Crippen molar-refractivity contribution in [2.75, 3.05) is 0 Å². The molecule has 162 valence electrons. The van der Waals surface area contributed by atoms with Gasteiger partial charge in [0.1, 0.15) is 0 Å². The van der Waals surface area contributed by atoms with Gasteiger partial charge >= 0.3 is 0 Å². The first-order valence-electron chi connectivity index (χ1n) is 12.1. The number of hydrogen-bond acceptors (Lipinski definition) is 0. The van der Waals surface area contributed by atoms with E-state index >= 15 is 0 Å². The van der Waals surface area contributed by atoms with Crippen LogP contribution in [-0.2, 0) is 0 Å². The van der Waals surface area contributed by atoms with Gasteiger partial charge in [-0.25, -0.2) is 0 Å².